The molecule has 4 nitrogen and oxygen atoms in total. The molecule has 2 aromatic rings. The number of carbonyl (C=O) groups is 1. The van der Waals surface area contributed by atoms with Gasteiger partial charge in [0, 0.05) is 25.3 Å². The van der Waals surface area contributed by atoms with Gasteiger partial charge in [0.2, 0.25) is 0 Å². The van der Waals surface area contributed by atoms with Crippen LogP contribution in [0, 0.1) is 6.92 Å². The van der Waals surface area contributed by atoms with Crippen LogP contribution in [0.25, 0.3) is 0 Å². The van der Waals surface area contributed by atoms with Crippen LogP contribution in [-0.2, 0) is 16.1 Å². The second kappa shape index (κ2) is 7.22. The van der Waals surface area contributed by atoms with Crippen molar-refractivity contribution in [3.05, 3.63) is 65.7 Å². The third-order valence-corrected chi connectivity index (χ3v) is 5.61. The van der Waals surface area contributed by atoms with Crippen molar-refractivity contribution in [2.24, 2.45) is 0 Å². The molecule has 0 radical (unpaired) electrons. The molecule has 0 unspecified atom stereocenters. The molecule has 0 saturated carbocycles. The number of ether oxygens (including phenoxy) is 1. The van der Waals surface area contributed by atoms with E-state index in [4.69, 9.17) is 4.74 Å². The number of nitrogens with zero attached hydrogens (tertiary/aromatic N) is 2. The van der Waals surface area contributed by atoms with Gasteiger partial charge in [0.05, 0.1) is 12.1 Å². The van der Waals surface area contributed by atoms with Crippen molar-refractivity contribution >= 4 is 11.6 Å². The number of likely N-dealkylation sites (tertiary alicyclic amines) is 1. The Hall–Kier alpha value is -2.17. The zero-order chi connectivity index (χ0) is 18.0. The number of benzene rings is 2. The van der Waals surface area contributed by atoms with Gasteiger partial charge in [-0.3, -0.25) is 9.69 Å². The fourth-order valence-electron chi connectivity index (χ4n) is 3.93. The Morgan fingerprint density at radius 3 is 2.38 bits per heavy atom. The van der Waals surface area contributed by atoms with Crippen molar-refractivity contribution in [3.63, 3.8) is 0 Å². The molecule has 2 aliphatic rings. The first-order valence-corrected chi connectivity index (χ1v) is 9.41. The lowest BCUT2D eigenvalue weighted by Gasteiger charge is -2.47. The van der Waals surface area contributed by atoms with E-state index in [-0.39, 0.29) is 18.1 Å². The summed E-state index contributed by atoms with van der Waals surface area (Å²) in [5.74, 6) is 0.0592. The van der Waals surface area contributed by atoms with E-state index in [9.17, 15) is 4.79 Å². The zero-order valence-corrected chi connectivity index (χ0v) is 15.4. The van der Waals surface area contributed by atoms with Crippen LogP contribution in [0.1, 0.15) is 24.0 Å². The number of rotatable bonds is 3. The van der Waals surface area contributed by atoms with Crippen molar-refractivity contribution in [1.82, 2.24) is 4.90 Å². The molecule has 26 heavy (non-hydrogen) atoms. The number of piperidine rings is 1. The van der Waals surface area contributed by atoms with E-state index in [1.54, 1.807) is 0 Å². The first-order valence-electron chi connectivity index (χ1n) is 9.41. The quantitative estimate of drug-likeness (QED) is 0.851. The van der Waals surface area contributed by atoms with E-state index >= 15 is 0 Å². The van der Waals surface area contributed by atoms with Gasteiger partial charge in [-0.1, -0.05) is 48.0 Å². The Morgan fingerprint density at radius 1 is 1.00 bits per heavy atom. The van der Waals surface area contributed by atoms with Crippen LogP contribution in [0.2, 0.25) is 0 Å². The van der Waals surface area contributed by atoms with Crippen molar-refractivity contribution in [2.45, 2.75) is 31.9 Å². The van der Waals surface area contributed by atoms with Crippen molar-refractivity contribution in [2.75, 3.05) is 31.1 Å². The average Bonchev–Trinajstić information content (AvgIpc) is 2.68. The number of morpholine rings is 1. The lowest BCUT2D eigenvalue weighted by Crippen LogP contribution is -2.58. The van der Waals surface area contributed by atoms with Crippen LogP contribution in [0.3, 0.4) is 0 Å². The van der Waals surface area contributed by atoms with Gasteiger partial charge < -0.3 is 9.64 Å². The molecule has 136 valence electrons. The largest absolute Gasteiger partial charge is 0.363 e. The standard InChI is InChI=1S/C22H26N2O2/c1-18-7-9-19(10-8-18)15-23-13-11-22(12-14-23)17-24(21(25)16-26-22)20-5-3-2-4-6-20/h2-10H,11-17H2,1H3. The van der Waals surface area contributed by atoms with Gasteiger partial charge in [-0.25, -0.2) is 0 Å². The van der Waals surface area contributed by atoms with Gasteiger partial charge in [0.15, 0.2) is 0 Å². The maximum atomic E-state index is 12.3. The summed E-state index contributed by atoms with van der Waals surface area (Å²) in [4.78, 5) is 16.7. The smallest absolute Gasteiger partial charge is 0.253 e. The number of hydrogen-bond donors (Lipinski definition) is 0. The minimum atomic E-state index is -0.201. The van der Waals surface area contributed by atoms with Gasteiger partial charge in [0.1, 0.15) is 6.61 Å². The summed E-state index contributed by atoms with van der Waals surface area (Å²) >= 11 is 0. The molecule has 2 saturated heterocycles. The van der Waals surface area contributed by atoms with E-state index in [2.05, 4.69) is 36.1 Å². The molecular weight excluding hydrogens is 324 g/mol. The third kappa shape index (κ3) is 3.67. The average molecular weight is 350 g/mol. The van der Waals surface area contributed by atoms with Crippen LogP contribution < -0.4 is 4.90 Å². The number of anilines is 1. The van der Waals surface area contributed by atoms with Gasteiger partial charge in [0.25, 0.3) is 5.91 Å². The van der Waals surface area contributed by atoms with Crippen molar-refractivity contribution < 1.29 is 9.53 Å². The Labute approximate surface area is 155 Å². The Bertz CT molecular complexity index is 749. The predicted octanol–water partition coefficient (Wildman–Crippen LogP) is 3.39. The van der Waals surface area contributed by atoms with Crippen molar-refractivity contribution in [1.29, 1.82) is 0 Å². The maximum absolute atomic E-state index is 12.3. The monoisotopic (exact) mass is 350 g/mol. The van der Waals surface area contributed by atoms with Gasteiger partial charge in [-0.05, 0) is 37.5 Å². The lowest BCUT2D eigenvalue weighted by molar-refractivity contribution is -0.144. The molecule has 0 bridgehead atoms. The maximum Gasteiger partial charge on any atom is 0.253 e. The Balaban J connectivity index is 1.40. The molecule has 2 fully saturated rings. The minimum absolute atomic E-state index is 0.0592. The number of para-hydroxylation sites is 1. The van der Waals surface area contributed by atoms with Crippen molar-refractivity contribution in [3.8, 4) is 0 Å². The SMILES string of the molecule is Cc1ccc(CN2CCC3(CC2)CN(c2ccccc2)C(=O)CO3)cc1. The van der Waals surface area contributed by atoms with Crippen LogP contribution in [-0.4, -0.2) is 42.6 Å². The van der Waals surface area contributed by atoms with Gasteiger partial charge in [-0.2, -0.15) is 0 Å². The molecule has 2 aromatic carbocycles. The second-order valence-corrected chi connectivity index (χ2v) is 7.55. The first kappa shape index (κ1) is 17.3. The molecule has 0 aliphatic carbocycles. The van der Waals surface area contributed by atoms with E-state index in [0.717, 1.165) is 38.2 Å². The molecule has 4 rings (SSSR count). The van der Waals surface area contributed by atoms with Crippen LogP contribution in [0.4, 0.5) is 5.69 Å². The summed E-state index contributed by atoms with van der Waals surface area (Å²) < 4.78 is 6.07. The third-order valence-electron chi connectivity index (χ3n) is 5.61. The molecule has 2 aliphatic heterocycles. The van der Waals surface area contributed by atoms with E-state index < -0.39 is 0 Å². The number of hydrogen-bond acceptors (Lipinski definition) is 3. The summed E-state index contributed by atoms with van der Waals surface area (Å²) in [7, 11) is 0. The molecule has 0 N–H and O–H groups in total. The summed E-state index contributed by atoms with van der Waals surface area (Å²) in [5.41, 5.74) is 3.43. The second-order valence-electron chi connectivity index (χ2n) is 7.55. The molecule has 2 heterocycles. The number of amides is 1. The summed E-state index contributed by atoms with van der Waals surface area (Å²) in [5, 5.41) is 0. The number of aryl methyl sites for hydroxylation is 1. The summed E-state index contributed by atoms with van der Waals surface area (Å²) in [6.45, 7) is 5.96. The molecule has 1 amide bonds. The molecule has 1 spiro atoms. The Morgan fingerprint density at radius 2 is 1.69 bits per heavy atom. The van der Waals surface area contributed by atoms with E-state index in [0.29, 0.717) is 6.54 Å². The topological polar surface area (TPSA) is 32.8 Å². The first-order chi connectivity index (χ1) is 12.6. The summed E-state index contributed by atoms with van der Waals surface area (Å²) in [6.07, 6.45) is 1.94. The summed E-state index contributed by atoms with van der Waals surface area (Å²) in [6, 6.07) is 18.7. The highest BCUT2D eigenvalue weighted by atomic mass is 16.5. The highest BCUT2D eigenvalue weighted by Crippen LogP contribution is 2.33. The minimum Gasteiger partial charge on any atom is -0.363 e. The molecule has 0 atom stereocenters. The normalized spacial score (nSPS) is 20.5. The highest BCUT2D eigenvalue weighted by Gasteiger charge is 2.42. The van der Waals surface area contributed by atoms with E-state index in [1.807, 2.05) is 35.2 Å². The molecule has 4 heteroatoms. The van der Waals surface area contributed by atoms with Crippen LogP contribution >= 0.6 is 0 Å². The van der Waals surface area contributed by atoms with Gasteiger partial charge in [-0.15, -0.1) is 0 Å². The number of carbonyl (C=O) groups excluding carboxylic acids is 1. The zero-order valence-electron chi connectivity index (χ0n) is 15.4. The predicted molar refractivity (Wildman–Crippen MR) is 103 cm³/mol. The van der Waals surface area contributed by atoms with E-state index in [1.165, 1.54) is 11.1 Å². The fraction of sp³-hybridized carbons (Fsp3) is 0.409. The molecular formula is C22H26N2O2. The van der Waals surface area contributed by atoms with Crippen LogP contribution in [0.15, 0.2) is 54.6 Å². The lowest BCUT2D eigenvalue weighted by atomic mass is 9.88. The fourth-order valence-corrected chi connectivity index (χ4v) is 3.93. The van der Waals surface area contributed by atoms with Crippen LogP contribution in [0.5, 0.6) is 0 Å². The van der Waals surface area contributed by atoms with Gasteiger partial charge >= 0.3 is 0 Å². The highest BCUT2D eigenvalue weighted by molar-refractivity contribution is 5.95. The Kier molecular flexibility index (Phi) is 4.79. The molecule has 0 aromatic heterocycles.